The number of carbonyl (C=O) groups excluding carboxylic acids is 1. The molecule has 2 aromatic heterocycles. The Kier molecular flexibility index (Phi) is 8.04. The summed E-state index contributed by atoms with van der Waals surface area (Å²) >= 11 is 2.45. The molecule has 0 spiro atoms. The number of fused-ring (bicyclic) bond motifs is 1. The van der Waals surface area contributed by atoms with Crippen LogP contribution in [0.4, 0.5) is 13.9 Å². The van der Waals surface area contributed by atoms with Gasteiger partial charge >= 0.3 is 0 Å². The second-order valence-electron chi connectivity index (χ2n) is 6.36. The summed E-state index contributed by atoms with van der Waals surface area (Å²) in [6.07, 6.45) is 0. The summed E-state index contributed by atoms with van der Waals surface area (Å²) in [6.45, 7) is 10.5. The minimum absolute atomic E-state index is 0. The Morgan fingerprint density at radius 3 is 2.34 bits per heavy atom. The van der Waals surface area contributed by atoms with E-state index in [1.54, 1.807) is 11.8 Å². The summed E-state index contributed by atoms with van der Waals surface area (Å²) in [7, 11) is 0. The van der Waals surface area contributed by atoms with E-state index in [1.807, 2.05) is 6.92 Å². The number of hydrogen-bond donors (Lipinski definition) is 0. The first-order chi connectivity index (χ1) is 13.3. The highest BCUT2D eigenvalue weighted by Crippen LogP contribution is 2.32. The molecule has 0 N–H and O–H groups in total. The second-order valence-corrected chi connectivity index (χ2v) is 8.57. The number of amides is 1. The van der Waals surface area contributed by atoms with Crippen LogP contribution < -0.4 is 4.90 Å². The number of halogens is 3. The maximum Gasteiger partial charge on any atom is 0.272 e. The molecular formula is C19H23ClF2N4OS2. The number of aryl methyl sites for hydroxylation is 2. The predicted molar refractivity (Wildman–Crippen MR) is 118 cm³/mol. The Morgan fingerprint density at radius 2 is 1.76 bits per heavy atom. The Bertz CT molecular complexity index is 1000. The molecule has 0 bridgehead atoms. The van der Waals surface area contributed by atoms with E-state index in [4.69, 9.17) is 0 Å². The summed E-state index contributed by atoms with van der Waals surface area (Å²) in [4.78, 5) is 26.2. The van der Waals surface area contributed by atoms with Gasteiger partial charge in [-0.05, 0) is 33.0 Å². The topological polar surface area (TPSA) is 49.3 Å². The number of rotatable bonds is 7. The molecule has 0 unspecified atom stereocenters. The molecule has 158 valence electrons. The van der Waals surface area contributed by atoms with Crippen LogP contribution in [0.3, 0.4) is 0 Å². The van der Waals surface area contributed by atoms with Gasteiger partial charge in [0.15, 0.2) is 10.9 Å². The van der Waals surface area contributed by atoms with Crippen LogP contribution >= 0.6 is 35.1 Å². The highest BCUT2D eigenvalue weighted by atomic mass is 35.5. The Hall–Kier alpha value is -1.68. The molecule has 5 nitrogen and oxygen atoms in total. The quantitative estimate of drug-likeness (QED) is 0.494. The lowest BCUT2D eigenvalue weighted by molar-refractivity contribution is 0.0987. The van der Waals surface area contributed by atoms with Gasteiger partial charge in [-0.1, -0.05) is 25.2 Å². The van der Waals surface area contributed by atoms with Gasteiger partial charge in [-0.25, -0.2) is 18.7 Å². The van der Waals surface area contributed by atoms with Crippen LogP contribution in [0, 0.1) is 25.5 Å². The average Bonchev–Trinajstić information content (AvgIpc) is 3.21. The number of likely N-dealkylation sites (N-methyl/N-ethyl adjacent to an activating group) is 1. The number of benzene rings is 1. The molecule has 0 aliphatic rings. The molecule has 3 aromatic rings. The Balaban J connectivity index is 0.00000300. The molecule has 10 heteroatoms. The molecular weight excluding hydrogens is 438 g/mol. The largest absolute Gasteiger partial charge is 0.302 e. The molecule has 2 heterocycles. The van der Waals surface area contributed by atoms with E-state index < -0.39 is 11.6 Å². The number of nitrogens with zero attached hydrogens (tertiary/aromatic N) is 4. The highest BCUT2D eigenvalue weighted by molar-refractivity contribution is 7.22. The van der Waals surface area contributed by atoms with Gasteiger partial charge < -0.3 is 4.90 Å². The fourth-order valence-corrected chi connectivity index (χ4v) is 4.88. The summed E-state index contributed by atoms with van der Waals surface area (Å²) in [5.41, 5.74) is 0.748. The molecule has 3 rings (SSSR count). The average molecular weight is 461 g/mol. The summed E-state index contributed by atoms with van der Waals surface area (Å²) < 4.78 is 28.1. The third kappa shape index (κ3) is 5.09. The van der Waals surface area contributed by atoms with Gasteiger partial charge in [0.2, 0.25) is 0 Å². The molecule has 1 aromatic carbocycles. The van der Waals surface area contributed by atoms with Crippen molar-refractivity contribution < 1.29 is 13.6 Å². The van der Waals surface area contributed by atoms with Gasteiger partial charge in [0.25, 0.3) is 5.91 Å². The normalized spacial score (nSPS) is 11.1. The Morgan fingerprint density at radius 1 is 1.07 bits per heavy atom. The Labute approximate surface area is 182 Å². The van der Waals surface area contributed by atoms with Gasteiger partial charge in [-0.15, -0.1) is 23.7 Å². The number of hydrogen-bond acceptors (Lipinski definition) is 6. The standard InChI is InChI=1S/C19H22F2N4OS2.ClH/c1-5-24(6-2)7-8-25(18(26)17-11(3)22-12(4)27-17)19-23-16-14(21)9-13(20)10-15(16)28-19;/h9-10H,5-8H2,1-4H3;1H. The fourth-order valence-electron chi connectivity index (χ4n) is 2.98. The minimum atomic E-state index is -0.724. The zero-order valence-corrected chi connectivity index (χ0v) is 19.1. The van der Waals surface area contributed by atoms with Crippen molar-refractivity contribution in [2.24, 2.45) is 0 Å². The van der Waals surface area contributed by atoms with Crippen LogP contribution in [0.15, 0.2) is 12.1 Å². The van der Waals surface area contributed by atoms with Crippen molar-refractivity contribution >= 4 is 56.3 Å². The van der Waals surface area contributed by atoms with E-state index >= 15 is 0 Å². The van der Waals surface area contributed by atoms with E-state index in [2.05, 4.69) is 28.7 Å². The number of anilines is 1. The van der Waals surface area contributed by atoms with Crippen LogP contribution in [0.1, 0.15) is 34.2 Å². The molecule has 0 aliphatic heterocycles. The smallest absolute Gasteiger partial charge is 0.272 e. The van der Waals surface area contributed by atoms with Gasteiger partial charge in [0.05, 0.1) is 15.4 Å². The zero-order chi connectivity index (χ0) is 20.4. The first-order valence-electron chi connectivity index (χ1n) is 9.07. The van der Waals surface area contributed by atoms with Gasteiger partial charge in [0.1, 0.15) is 16.2 Å². The van der Waals surface area contributed by atoms with E-state index in [0.717, 1.165) is 35.5 Å². The van der Waals surface area contributed by atoms with Crippen LogP contribution in [0.5, 0.6) is 0 Å². The lowest BCUT2D eigenvalue weighted by Crippen LogP contribution is -2.38. The number of thiazole rings is 2. The lowest BCUT2D eigenvalue weighted by Gasteiger charge is -2.24. The number of carbonyl (C=O) groups is 1. The first kappa shape index (κ1) is 23.6. The molecule has 0 atom stereocenters. The second kappa shape index (κ2) is 9.88. The summed E-state index contributed by atoms with van der Waals surface area (Å²) in [6, 6.07) is 2.05. The SMILES string of the molecule is CCN(CC)CCN(C(=O)c1sc(C)nc1C)c1nc2c(F)cc(F)cc2s1.Cl. The van der Waals surface area contributed by atoms with Crippen LogP contribution in [-0.2, 0) is 0 Å². The van der Waals surface area contributed by atoms with Gasteiger partial charge in [0, 0.05) is 19.2 Å². The van der Waals surface area contributed by atoms with Crippen LogP contribution in [0.2, 0.25) is 0 Å². The monoisotopic (exact) mass is 460 g/mol. The molecule has 0 aliphatic carbocycles. The van der Waals surface area contributed by atoms with Crippen molar-refractivity contribution in [2.45, 2.75) is 27.7 Å². The van der Waals surface area contributed by atoms with E-state index in [0.29, 0.717) is 33.5 Å². The maximum absolute atomic E-state index is 14.1. The minimum Gasteiger partial charge on any atom is -0.302 e. The highest BCUT2D eigenvalue weighted by Gasteiger charge is 2.26. The third-order valence-electron chi connectivity index (χ3n) is 4.51. The van der Waals surface area contributed by atoms with Crippen molar-refractivity contribution in [3.8, 4) is 0 Å². The van der Waals surface area contributed by atoms with E-state index in [-0.39, 0.29) is 23.8 Å². The van der Waals surface area contributed by atoms with Crippen molar-refractivity contribution in [3.63, 3.8) is 0 Å². The lowest BCUT2D eigenvalue weighted by atomic mass is 10.3. The fraction of sp³-hybridized carbons (Fsp3) is 0.421. The number of aromatic nitrogens is 2. The first-order valence-corrected chi connectivity index (χ1v) is 10.7. The maximum atomic E-state index is 14.1. The van der Waals surface area contributed by atoms with Crippen molar-refractivity contribution in [1.29, 1.82) is 0 Å². The van der Waals surface area contributed by atoms with Crippen molar-refractivity contribution in [3.05, 3.63) is 39.3 Å². The van der Waals surface area contributed by atoms with Crippen LogP contribution in [-0.4, -0.2) is 47.0 Å². The molecule has 1 amide bonds. The summed E-state index contributed by atoms with van der Waals surface area (Å²) in [5, 5.41) is 1.17. The van der Waals surface area contributed by atoms with Gasteiger partial charge in [-0.2, -0.15) is 0 Å². The van der Waals surface area contributed by atoms with E-state index in [9.17, 15) is 13.6 Å². The molecule has 0 radical (unpaired) electrons. The van der Waals surface area contributed by atoms with Crippen molar-refractivity contribution in [2.75, 3.05) is 31.1 Å². The zero-order valence-electron chi connectivity index (χ0n) is 16.7. The third-order valence-corrected chi connectivity index (χ3v) is 6.60. The molecule has 0 fully saturated rings. The molecule has 0 saturated heterocycles. The summed E-state index contributed by atoms with van der Waals surface area (Å²) in [5.74, 6) is -1.59. The molecule has 29 heavy (non-hydrogen) atoms. The van der Waals surface area contributed by atoms with Crippen molar-refractivity contribution in [1.82, 2.24) is 14.9 Å². The molecule has 0 saturated carbocycles. The predicted octanol–water partition coefficient (Wildman–Crippen LogP) is 5.06. The van der Waals surface area contributed by atoms with Gasteiger partial charge in [-0.3, -0.25) is 9.69 Å². The van der Waals surface area contributed by atoms with Crippen LogP contribution in [0.25, 0.3) is 10.2 Å². The van der Waals surface area contributed by atoms with E-state index in [1.165, 1.54) is 17.4 Å².